The van der Waals surface area contributed by atoms with Crippen molar-refractivity contribution in [3.8, 4) is 0 Å². The Bertz CT molecular complexity index is 441. The maximum absolute atomic E-state index is 13.4. The molecular formula is C14H18FNO2S. The van der Waals surface area contributed by atoms with Crippen LogP contribution in [0.3, 0.4) is 0 Å². The minimum absolute atomic E-state index is 0.0223. The molecule has 19 heavy (non-hydrogen) atoms. The Balaban J connectivity index is 1.80. The molecule has 1 aliphatic heterocycles. The van der Waals surface area contributed by atoms with E-state index in [1.165, 1.54) is 17.8 Å². The zero-order chi connectivity index (χ0) is 13.7. The van der Waals surface area contributed by atoms with Crippen LogP contribution in [-0.4, -0.2) is 40.9 Å². The molecule has 0 bridgehead atoms. The van der Waals surface area contributed by atoms with Crippen molar-refractivity contribution in [2.75, 3.05) is 18.9 Å². The number of aliphatic hydroxyl groups is 1. The molecule has 0 aliphatic carbocycles. The van der Waals surface area contributed by atoms with E-state index in [0.717, 1.165) is 19.4 Å². The van der Waals surface area contributed by atoms with Crippen molar-refractivity contribution in [1.82, 2.24) is 4.90 Å². The lowest BCUT2D eigenvalue weighted by Crippen LogP contribution is -2.37. The van der Waals surface area contributed by atoms with Crippen LogP contribution >= 0.6 is 11.8 Å². The van der Waals surface area contributed by atoms with Gasteiger partial charge in [0.1, 0.15) is 5.82 Å². The second-order valence-electron chi connectivity index (χ2n) is 4.59. The molecule has 1 fully saturated rings. The third kappa shape index (κ3) is 3.70. The Morgan fingerprint density at radius 2 is 2.26 bits per heavy atom. The zero-order valence-corrected chi connectivity index (χ0v) is 11.5. The molecule has 0 spiro atoms. The van der Waals surface area contributed by atoms with Gasteiger partial charge in [-0.3, -0.25) is 4.79 Å². The van der Waals surface area contributed by atoms with Crippen LogP contribution in [-0.2, 0) is 4.79 Å². The number of hydrogen-bond donors (Lipinski definition) is 1. The Morgan fingerprint density at radius 1 is 1.47 bits per heavy atom. The van der Waals surface area contributed by atoms with Gasteiger partial charge in [-0.2, -0.15) is 0 Å². The Labute approximate surface area is 116 Å². The van der Waals surface area contributed by atoms with Gasteiger partial charge in [0, 0.05) is 23.6 Å². The molecule has 1 heterocycles. The van der Waals surface area contributed by atoms with Gasteiger partial charge in [0.15, 0.2) is 0 Å². The second kappa shape index (κ2) is 6.91. The van der Waals surface area contributed by atoms with Crippen LogP contribution in [0.15, 0.2) is 29.2 Å². The van der Waals surface area contributed by atoms with E-state index in [9.17, 15) is 14.3 Å². The van der Waals surface area contributed by atoms with Crippen molar-refractivity contribution in [1.29, 1.82) is 0 Å². The fourth-order valence-electron chi connectivity index (χ4n) is 2.31. The summed E-state index contributed by atoms with van der Waals surface area (Å²) in [5, 5.41) is 9.18. The minimum Gasteiger partial charge on any atom is -0.394 e. The quantitative estimate of drug-likeness (QED) is 0.843. The first-order valence-electron chi connectivity index (χ1n) is 6.50. The Hall–Kier alpha value is -1.07. The number of amides is 1. The normalized spacial score (nSPS) is 18.8. The van der Waals surface area contributed by atoms with Gasteiger partial charge in [0.2, 0.25) is 5.91 Å². The number of nitrogens with zero attached hydrogens (tertiary/aromatic N) is 1. The summed E-state index contributed by atoms with van der Waals surface area (Å²) in [6.07, 6.45) is 2.22. The monoisotopic (exact) mass is 283 g/mol. The number of thioether (sulfide) groups is 1. The van der Waals surface area contributed by atoms with Crippen molar-refractivity contribution in [2.24, 2.45) is 0 Å². The molecule has 1 atom stereocenters. The summed E-state index contributed by atoms with van der Waals surface area (Å²) in [4.78, 5) is 14.3. The van der Waals surface area contributed by atoms with Crippen LogP contribution in [0.25, 0.3) is 0 Å². The summed E-state index contributed by atoms with van der Waals surface area (Å²) >= 11 is 1.36. The average Bonchev–Trinajstić information content (AvgIpc) is 2.89. The molecular weight excluding hydrogens is 265 g/mol. The summed E-state index contributed by atoms with van der Waals surface area (Å²) in [5.41, 5.74) is 0. The summed E-state index contributed by atoms with van der Waals surface area (Å²) in [6, 6.07) is 6.56. The topological polar surface area (TPSA) is 40.5 Å². The van der Waals surface area contributed by atoms with Gasteiger partial charge in [-0.15, -0.1) is 11.8 Å². The van der Waals surface area contributed by atoms with Gasteiger partial charge in [0.25, 0.3) is 0 Å². The van der Waals surface area contributed by atoms with Crippen LogP contribution < -0.4 is 0 Å². The molecule has 0 saturated carbocycles. The second-order valence-corrected chi connectivity index (χ2v) is 5.73. The van der Waals surface area contributed by atoms with Crippen LogP contribution in [0, 0.1) is 5.82 Å². The van der Waals surface area contributed by atoms with Crippen LogP contribution in [0.1, 0.15) is 19.3 Å². The standard InChI is InChI=1S/C14H18FNO2S/c15-12-5-1-2-6-13(12)19-9-7-14(18)16-8-3-4-11(16)10-17/h1-2,5-6,11,17H,3-4,7-10H2. The highest BCUT2D eigenvalue weighted by molar-refractivity contribution is 7.99. The molecule has 1 aromatic carbocycles. The van der Waals surface area contributed by atoms with E-state index >= 15 is 0 Å². The minimum atomic E-state index is -0.241. The van der Waals surface area contributed by atoms with Gasteiger partial charge in [0.05, 0.1) is 12.6 Å². The summed E-state index contributed by atoms with van der Waals surface area (Å²) < 4.78 is 13.4. The van der Waals surface area contributed by atoms with E-state index in [0.29, 0.717) is 17.1 Å². The van der Waals surface area contributed by atoms with E-state index in [1.54, 1.807) is 23.1 Å². The first-order chi connectivity index (χ1) is 9.22. The van der Waals surface area contributed by atoms with Gasteiger partial charge in [-0.25, -0.2) is 4.39 Å². The Morgan fingerprint density at radius 3 is 3.00 bits per heavy atom. The smallest absolute Gasteiger partial charge is 0.223 e. The van der Waals surface area contributed by atoms with Crippen LogP contribution in [0.5, 0.6) is 0 Å². The molecule has 1 saturated heterocycles. The molecule has 1 aromatic rings. The number of hydrogen-bond acceptors (Lipinski definition) is 3. The summed E-state index contributed by atoms with van der Waals surface area (Å²) in [5.74, 6) is 0.378. The van der Waals surface area contributed by atoms with Gasteiger partial charge in [-0.1, -0.05) is 12.1 Å². The highest BCUT2D eigenvalue weighted by atomic mass is 32.2. The molecule has 1 N–H and O–H groups in total. The van der Waals surface area contributed by atoms with Crippen LogP contribution in [0.2, 0.25) is 0 Å². The fourth-order valence-corrected chi connectivity index (χ4v) is 3.18. The lowest BCUT2D eigenvalue weighted by Gasteiger charge is -2.22. The molecule has 0 radical (unpaired) electrons. The van der Waals surface area contributed by atoms with E-state index in [4.69, 9.17) is 0 Å². The van der Waals surface area contributed by atoms with Gasteiger partial charge >= 0.3 is 0 Å². The summed E-state index contributed by atoms with van der Waals surface area (Å²) in [7, 11) is 0. The molecule has 0 aromatic heterocycles. The molecule has 1 amide bonds. The lowest BCUT2D eigenvalue weighted by atomic mass is 10.2. The molecule has 3 nitrogen and oxygen atoms in total. The first kappa shape index (κ1) is 14.3. The zero-order valence-electron chi connectivity index (χ0n) is 10.7. The van der Waals surface area contributed by atoms with Crippen molar-refractivity contribution < 1.29 is 14.3 Å². The van der Waals surface area contributed by atoms with Crippen molar-refractivity contribution in [3.05, 3.63) is 30.1 Å². The highest BCUT2D eigenvalue weighted by Gasteiger charge is 2.27. The number of rotatable bonds is 5. The average molecular weight is 283 g/mol. The number of likely N-dealkylation sites (tertiary alicyclic amines) is 1. The molecule has 2 rings (SSSR count). The highest BCUT2D eigenvalue weighted by Crippen LogP contribution is 2.23. The fraction of sp³-hybridized carbons (Fsp3) is 0.500. The molecule has 104 valence electrons. The number of carbonyl (C=O) groups excluding carboxylic acids is 1. The third-order valence-corrected chi connectivity index (χ3v) is 4.37. The maximum atomic E-state index is 13.4. The molecule has 1 aliphatic rings. The number of carbonyl (C=O) groups is 1. The van der Waals surface area contributed by atoms with E-state index in [2.05, 4.69) is 0 Å². The van der Waals surface area contributed by atoms with E-state index in [-0.39, 0.29) is 24.4 Å². The Kier molecular flexibility index (Phi) is 5.22. The van der Waals surface area contributed by atoms with E-state index < -0.39 is 0 Å². The third-order valence-electron chi connectivity index (χ3n) is 3.32. The predicted octanol–water partition coefficient (Wildman–Crippen LogP) is 2.29. The van der Waals surface area contributed by atoms with Crippen molar-refractivity contribution >= 4 is 17.7 Å². The molecule has 5 heteroatoms. The largest absolute Gasteiger partial charge is 0.394 e. The lowest BCUT2D eigenvalue weighted by molar-refractivity contribution is -0.132. The number of aliphatic hydroxyl groups excluding tert-OH is 1. The van der Waals surface area contributed by atoms with E-state index in [1.807, 2.05) is 0 Å². The SMILES string of the molecule is O=C(CCSc1ccccc1F)N1CCCC1CO. The predicted molar refractivity (Wildman–Crippen MR) is 73.6 cm³/mol. The van der Waals surface area contributed by atoms with Crippen molar-refractivity contribution in [2.45, 2.75) is 30.2 Å². The number of benzene rings is 1. The van der Waals surface area contributed by atoms with Crippen molar-refractivity contribution in [3.63, 3.8) is 0 Å². The maximum Gasteiger partial charge on any atom is 0.223 e. The number of halogens is 1. The van der Waals surface area contributed by atoms with Gasteiger partial charge in [-0.05, 0) is 25.0 Å². The van der Waals surface area contributed by atoms with Crippen LogP contribution in [0.4, 0.5) is 4.39 Å². The van der Waals surface area contributed by atoms with Gasteiger partial charge < -0.3 is 10.0 Å². The molecule has 1 unspecified atom stereocenters. The summed E-state index contributed by atoms with van der Waals surface area (Å²) in [6.45, 7) is 0.765. The first-order valence-corrected chi connectivity index (χ1v) is 7.48.